The molecule has 2 aromatic heterocycles. The number of hydrogen-bond acceptors (Lipinski definition) is 2. The molecule has 0 saturated carbocycles. The number of nitrogens with one attached hydrogen (secondary N) is 1. The number of halogens is 2. The van der Waals surface area contributed by atoms with E-state index < -0.39 is 11.6 Å². The number of nitrogens with zero attached hydrogens (tertiary/aromatic N) is 2. The lowest BCUT2D eigenvalue weighted by atomic mass is 10.1. The first-order chi connectivity index (χ1) is 13.4. The summed E-state index contributed by atoms with van der Waals surface area (Å²) in [5, 5.41) is 2.90. The van der Waals surface area contributed by atoms with Gasteiger partial charge in [0.1, 0.15) is 17.3 Å². The van der Waals surface area contributed by atoms with E-state index in [-0.39, 0.29) is 18.0 Å². The summed E-state index contributed by atoms with van der Waals surface area (Å²) < 4.78 is 30.0. The second kappa shape index (κ2) is 8.33. The molecule has 1 amide bonds. The number of amides is 1. The lowest BCUT2D eigenvalue weighted by Gasteiger charge is -2.14. The standard InChI is InChI=1S/C22H23F2N3O/c1-14-15(2)21(22(28)26-12-10-17-7-4-5-11-25-17)27(16(14)3)13-18-19(23)8-6-9-20(18)24/h4-9,11H,10,12-13H2,1-3H3,(H,26,28). The summed E-state index contributed by atoms with van der Waals surface area (Å²) in [6, 6.07) is 9.42. The molecule has 0 radical (unpaired) electrons. The molecule has 0 unspecified atom stereocenters. The zero-order chi connectivity index (χ0) is 20.3. The van der Waals surface area contributed by atoms with Crippen molar-refractivity contribution in [1.29, 1.82) is 0 Å². The topological polar surface area (TPSA) is 46.9 Å². The highest BCUT2D eigenvalue weighted by Gasteiger charge is 2.22. The minimum atomic E-state index is -0.620. The smallest absolute Gasteiger partial charge is 0.268 e. The Morgan fingerprint density at radius 2 is 1.75 bits per heavy atom. The highest BCUT2D eigenvalue weighted by Crippen LogP contribution is 2.24. The summed E-state index contributed by atoms with van der Waals surface area (Å²) >= 11 is 0. The predicted molar refractivity (Wildman–Crippen MR) is 104 cm³/mol. The molecule has 0 spiro atoms. The second-order valence-electron chi connectivity index (χ2n) is 6.80. The largest absolute Gasteiger partial charge is 0.350 e. The molecule has 1 N–H and O–H groups in total. The molecule has 6 heteroatoms. The van der Waals surface area contributed by atoms with Gasteiger partial charge in [-0.1, -0.05) is 12.1 Å². The van der Waals surface area contributed by atoms with Crippen LogP contribution in [-0.2, 0) is 13.0 Å². The van der Waals surface area contributed by atoms with Crippen LogP contribution in [0.2, 0.25) is 0 Å². The van der Waals surface area contributed by atoms with E-state index in [1.54, 1.807) is 10.8 Å². The highest BCUT2D eigenvalue weighted by atomic mass is 19.1. The molecule has 0 fully saturated rings. The molecule has 0 aliphatic rings. The summed E-state index contributed by atoms with van der Waals surface area (Å²) in [5.41, 5.74) is 3.82. The van der Waals surface area contributed by atoms with Crippen LogP contribution in [0.25, 0.3) is 0 Å². The number of carbonyl (C=O) groups is 1. The zero-order valence-electron chi connectivity index (χ0n) is 16.2. The van der Waals surface area contributed by atoms with E-state index in [1.807, 2.05) is 39.0 Å². The Labute approximate surface area is 163 Å². The number of carbonyl (C=O) groups excluding carboxylic acids is 1. The first kappa shape index (κ1) is 19.7. The Balaban J connectivity index is 1.84. The number of benzene rings is 1. The van der Waals surface area contributed by atoms with E-state index in [0.717, 1.165) is 22.5 Å². The van der Waals surface area contributed by atoms with Gasteiger partial charge in [0.15, 0.2) is 0 Å². The van der Waals surface area contributed by atoms with E-state index in [1.165, 1.54) is 18.2 Å². The number of hydrogen-bond donors (Lipinski definition) is 1. The van der Waals surface area contributed by atoms with Gasteiger partial charge in [-0.25, -0.2) is 8.78 Å². The Morgan fingerprint density at radius 1 is 1.04 bits per heavy atom. The molecule has 1 aromatic carbocycles. The molecule has 0 aliphatic carbocycles. The average Bonchev–Trinajstić information content (AvgIpc) is 2.89. The van der Waals surface area contributed by atoms with Crippen LogP contribution in [0.4, 0.5) is 8.78 Å². The molecule has 0 bridgehead atoms. The van der Waals surface area contributed by atoms with Crippen LogP contribution in [0.1, 0.15) is 38.6 Å². The molecule has 0 saturated heterocycles. The number of pyridine rings is 1. The van der Waals surface area contributed by atoms with Crippen molar-refractivity contribution in [3.05, 3.63) is 88.0 Å². The van der Waals surface area contributed by atoms with Crippen molar-refractivity contribution in [1.82, 2.24) is 14.9 Å². The molecule has 4 nitrogen and oxygen atoms in total. The highest BCUT2D eigenvalue weighted by molar-refractivity contribution is 5.95. The quantitative estimate of drug-likeness (QED) is 0.696. The van der Waals surface area contributed by atoms with Crippen LogP contribution in [0, 0.1) is 32.4 Å². The van der Waals surface area contributed by atoms with Gasteiger partial charge in [-0.3, -0.25) is 9.78 Å². The zero-order valence-corrected chi connectivity index (χ0v) is 16.2. The van der Waals surface area contributed by atoms with Gasteiger partial charge in [-0.15, -0.1) is 0 Å². The third-order valence-electron chi connectivity index (χ3n) is 5.12. The Bertz CT molecular complexity index is 977. The minimum Gasteiger partial charge on any atom is -0.350 e. The average molecular weight is 383 g/mol. The van der Waals surface area contributed by atoms with Gasteiger partial charge >= 0.3 is 0 Å². The summed E-state index contributed by atoms with van der Waals surface area (Å²) in [7, 11) is 0. The van der Waals surface area contributed by atoms with Crippen molar-refractivity contribution in [2.75, 3.05) is 6.54 Å². The maximum atomic E-state index is 14.1. The third-order valence-corrected chi connectivity index (χ3v) is 5.12. The Kier molecular flexibility index (Phi) is 5.87. The molecule has 28 heavy (non-hydrogen) atoms. The predicted octanol–water partition coefficient (Wildman–Crippen LogP) is 4.11. The van der Waals surface area contributed by atoms with Gasteiger partial charge in [-0.05, 0) is 56.2 Å². The molecular weight excluding hydrogens is 360 g/mol. The van der Waals surface area contributed by atoms with E-state index in [4.69, 9.17) is 0 Å². The minimum absolute atomic E-state index is 0.0397. The van der Waals surface area contributed by atoms with Crippen LogP contribution in [0.5, 0.6) is 0 Å². The fraction of sp³-hybridized carbons (Fsp3) is 0.273. The fourth-order valence-corrected chi connectivity index (χ4v) is 3.29. The SMILES string of the molecule is Cc1c(C)c(C(=O)NCCc2ccccn2)n(Cc2c(F)cccc2F)c1C. The van der Waals surface area contributed by atoms with Crippen LogP contribution in [-0.4, -0.2) is 22.0 Å². The van der Waals surface area contributed by atoms with Crippen molar-refractivity contribution < 1.29 is 13.6 Å². The summed E-state index contributed by atoms with van der Waals surface area (Å²) in [6.45, 7) is 5.99. The number of rotatable bonds is 6. The van der Waals surface area contributed by atoms with Crippen molar-refractivity contribution in [2.45, 2.75) is 33.7 Å². The van der Waals surface area contributed by atoms with Crippen molar-refractivity contribution in [2.24, 2.45) is 0 Å². The molecule has 0 atom stereocenters. The molecule has 146 valence electrons. The van der Waals surface area contributed by atoms with Crippen LogP contribution >= 0.6 is 0 Å². The van der Waals surface area contributed by atoms with Crippen LogP contribution in [0.3, 0.4) is 0 Å². The van der Waals surface area contributed by atoms with E-state index >= 15 is 0 Å². The molecular formula is C22H23F2N3O. The normalized spacial score (nSPS) is 10.9. The Morgan fingerprint density at radius 3 is 2.39 bits per heavy atom. The van der Waals surface area contributed by atoms with Crippen LogP contribution in [0.15, 0.2) is 42.6 Å². The van der Waals surface area contributed by atoms with Crippen molar-refractivity contribution >= 4 is 5.91 Å². The third kappa shape index (κ3) is 3.96. The van der Waals surface area contributed by atoms with Gasteiger partial charge in [0, 0.05) is 36.1 Å². The molecule has 0 aliphatic heterocycles. The summed E-state index contributed by atoms with van der Waals surface area (Å²) in [6.07, 6.45) is 2.31. The van der Waals surface area contributed by atoms with Crippen LogP contribution < -0.4 is 5.32 Å². The summed E-state index contributed by atoms with van der Waals surface area (Å²) in [5.74, 6) is -1.50. The van der Waals surface area contributed by atoms with Gasteiger partial charge < -0.3 is 9.88 Å². The summed E-state index contributed by atoms with van der Waals surface area (Å²) in [4.78, 5) is 17.1. The molecule has 2 heterocycles. The monoisotopic (exact) mass is 383 g/mol. The van der Waals surface area contributed by atoms with Gasteiger partial charge in [-0.2, -0.15) is 0 Å². The second-order valence-corrected chi connectivity index (χ2v) is 6.80. The van der Waals surface area contributed by atoms with E-state index in [0.29, 0.717) is 18.7 Å². The first-order valence-electron chi connectivity index (χ1n) is 9.17. The Hall–Kier alpha value is -3.02. The number of aromatic nitrogens is 2. The van der Waals surface area contributed by atoms with E-state index in [9.17, 15) is 13.6 Å². The lowest BCUT2D eigenvalue weighted by molar-refractivity contribution is 0.0944. The van der Waals surface area contributed by atoms with Gasteiger partial charge in [0.2, 0.25) is 0 Å². The van der Waals surface area contributed by atoms with Gasteiger partial charge in [0.25, 0.3) is 5.91 Å². The van der Waals surface area contributed by atoms with Crippen molar-refractivity contribution in [3.8, 4) is 0 Å². The fourth-order valence-electron chi connectivity index (χ4n) is 3.29. The maximum Gasteiger partial charge on any atom is 0.268 e. The van der Waals surface area contributed by atoms with Gasteiger partial charge in [0.05, 0.1) is 6.54 Å². The maximum absolute atomic E-state index is 14.1. The van der Waals surface area contributed by atoms with Crippen molar-refractivity contribution in [3.63, 3.8) is 0 Å². The lowest BCUT2D eigenvalue weighted by Crippen LogP contribution is -2.29. The molecule has 3 rings (SSSR count). The molecule has 3 aromatic rings. The first-order valence-corrected chi connectivity index (χ1v) is 9.17. The van der Waals surface area contributed by atoms with E-state index in [2.05, 4.69) is 10.3 Å².